The molecule has 0 radical (unpaired) electrons. The van der Waals surface area contributed by atoms with Crippen LogP contribution in [0, 0.1) is 0 Å². The molecule has 0 saturated carbocycles. The van der Waals surface area contributed by atoms with Crippen molar-refractivity contribution in [1.29, 1.82) is 0 Å². The summed E-state index contributed by atoms with van der Waals surface area (Å²) in [6.07, 6.45) is 0. The Labute approximate surface area is 137 Å². The van der Waals surface area contributed by atoms with Crippen LogP contribution in [0.25, 0.3) is 0 Å². The lowest BCUT2D eigenvalue weighted by Crippen LogP contribution is -2.41. The molecule has 2 rings (SSSR count). The molecule has 2 aromatic carbocycles. The predicted molar refractivity (Wildman–Crippen MR) is 90.5 cm³/mol. The van der Waals surface area contributed by atoms with Crippen molar-refractivity contribution in [1.82, 2.24) is 4.90 Å². The van der Waals surface area contributed by atoms with Gasteiger partial charge in [-0.25, -0.2) is 0 Å². The van der Waals surface area contributed by atoms with Crippen molar-refractivity contribution in [2.24, 2.45) is 0 Å². The van der Waals surface area contributed by atoms with E-state index in [1.165, 1.54) is 0 Å². The Hall–Kier alpha value is -2.33. The van der Waals surface area contributed by atoms with Crippen LogP contribution in [0.3, 0.4) is 0 Å². The van der Waals surface area contributed by atoms with Crippen molar-refractivity contribution in [3.05, 3.63) is 65.7 Å². The molecule has 0 fully saturated rings. The number of ether oxygens (including phenoxy) is 1. The number of hydrogen-bond donors (Lipinski definition) is 1. The van der Waals surface area contributed by atoms with Crippen LogP contribution in [0.5, 0.6) is 5.75 Å². The van der Waals surface area contributed by atoms with Crippen molar-refractivity contribution < 1.29 is 14.6 Å². The molecule has 0 unspecified atom stereocenters. The van der Waals surface area contributed by atoms with Gasteiger partial charge in [0, 0.05) is 18.7 Å². The molecular formula is C19H23NO3. The van der Waals surface area contributed by atoms with Gasteiger partial charge in [0.1, 0.15) is 5.75 Å². The Morgan fingerprint density at radius 1 is 1.09 bits per heavy atom. The zero-order chi connectivity index (χ0) is 16.9. The summed E-state index contributed by atoms with van der Waals surface area (Å²) in [6.45, 7) is 4.11. The lowest BCUT2D eigenvalue weighted by molar-refractivity contribution is 0.0280. The molecule has 0 aliphatic heterocycles. The van der Waals surface area contributed by atoms with Gasteiger partial charge in [-0.2, -0.15) is 0 Å². The maximum atomic E-state index is 12.8. The molecule has 0 bridgehead atoms. The predicted octanol–water partition coefficient (Wildman–Crippen LogP) is 3.11. The fourth-order valence-corrected chi connectivity index (χ4v) is 2.39. The Balaban J connectivity index is 2.22. The first-order chi connectivity index (χ1) is 10.9. The molecule has 23 heavy (non-hydrogen) atoms. The molecule has 1 amide bonds. The number of methoxy groups -OCH3 is 1. The van der Waals surface area contributed by atoms with Gasteiger partial charge in [0.05, 0.1) is 12.7 Å². The monoisotopic (exact) mass is 313 g/mol. The molecule has 1 N–H and O–H groups in total. The van der Waals surface area contributed by atoms with Crippen LogP contribution in [0.15, 0.2) is 54.6 Å². The maximum Gasteiger partial charge on any atom is 0.254 e. The normalized spacial score (nSPS) is 11.1. The number of nitrogens with zero attached hydrogens (tertiary/aromatic N) is 1. The summed E-state index contributed by atoms with van der Waals surface area (Å²) < 4.78 is 5.12. The SMILES string of the molecule is COc1ccc(C(=O)N(Cc2ccccc2)CC(C)(C)O)cc1. The summed E-state index contributed by atoms with van der Waals surface area (Å²) in [4.78, 5) is 14.5. The topological polar surface area (TPSA) is 49.8 Å². The van der Waals surface area contributed by atoms with Crippen molar-refractivity contribution in [2.45, 2.75) is 26.0 Å². The Bertz CT molecular complexity index is 630. The van der Waals surface area contributed by atoms with Gasteiger partial charge in [0.15, 0.2) is 0 Å². The number of carbonyl (C=O) groups is 1. The van der Waals surface area contributed by atoms with E-state index in [-0.39, 0.29) is 12.5 Å². The minimum atomic E-state index is -0.961. The van der Waals surface area contributed by atoms with Crippen molar-refractivity contribution in [2.75, 3.05) is 13.7 Å². The fourth-order valence-electron chi connectivity index (χ4n) is 2.39. The maximum absolute atomic E-state index is 12.8. The quantitative estimate of drug-likeness (QED) is 0.891. The first-order valence-corrected chi connectivity index (χ1v) is 7.59. The van der Waals surface area contributed by atoms with E-state index in [4.69, 9.17) is 4.74 Å². The van der Waals surface area contributed by atoms with Crippen LogP contribution < -0.4 is 4.74 Å². The molecule has 0 spiro atoms. The Kier molecular flexibility index (Phi) is 5.40. The average molecular weight is 313 g/mol. The number of amides is 1. The molecule has 4 nitrogen and oxygen atoms in total. The molecule has 0 aliphatic carbocycles. The summed E-state index contributed by atoms with van der Waals surface area (Å²) in [7, 11) is 1.59. The van der Waals surface area contributed by atoms with E-state index >= 15 is 0 Å². The lowest BCUT2D eigenvalue weighted by Gasteiger charge is -2.29. The molecule has 4 heteroatoms. The first kappa shape index (κ1) is 17.0. The molecule has 2 aromatic rings. The highest BCUT2D eigenvalue weighted by Gasteiger charge is 2.23. The summed E-state index contributed by atoms with van der Waals surface area (Å²) >= 11 is 0. The van der Waals surface area contributed by atoms with E-state index in [1.54, 1.807) is 50.1 Å². The van der Waals surface area contributed by atoms with Gasteiger partial charge in [-0.15, -0.1) is 0 Å². The minimum Gasteiger partial charge on any atom is -0.497 e. The second kappa shape index (κ2) is 7.29. The summed E-state index contributed by atoms with van der Waals surface area (Å²) in [5, 5.41) is 10.1. The smallest absolute Gasteiger partial charge is 0.254 e. The molecule has 0 aliphatic rings. The average Bonchev–Trinajstić information content (AvgIpc) is 2.53. The van der Waals surface area contributed by atoms with Gasteiger partial charge in [0.25, 0.3) is 5.91 Å². The van der Waals surface area contributed by atoms with Crippen LogP contribution in [0.4, 0.5) is 0 Å². The third-order valence-corrected chi connectivity index (χ3v) is 3.42. The minimum absolute atomic E-state index is 0.112. The van der Waals surface area contributed by atoms with Gasteiger partial charge in [-0.3, -0.25) is 4.79 Å². The summed E-state index contributed by atoms with van der Waals surface area (Å²) in [5.41, 5.74) is 0.640. The van der Waals surface area contributed by atoms with Gasteiger partial charge < -0.3 is 14.7 Å². The van der Waals surface area contributed by atoms with Crippen LogP contribution >= 0.6 is 0 Å². The van der Waals surface area contributed by atoms with Crippen molar-refractivity contribution >= 4 is 5.91 Å². The fraction of sp³-hybridized carbons (Fsp3) is 0.316. The van der Waals surface area contributed by atoms with E-state index < -0.39 is 5.60 Å². The van der Waals surface area contributed by atoms with E-state index in [1.807, 2.05) is 30.3 Å². The van der Waals surface area contributed by atoms with E-state index in [0.29, 0.717) is 17.9 Å². The van der Waals surface area contributed by atoms with Crippen molar-refractivity contribution in [3.8, 4) is 5.75 Å². The molecule has 0 heterocycles. The molecule has 0 aromatic heterocycles. The highest BCUT2D eigenvalue weighted by atomic mass is 16.5. The Morgan fingerprint density at radius 3 is 2.22 bits per heavy atom. The third kappa shape index (κ3) is 5.11. The summed E-state index contributed by atoms with van der Waals surface area (Å²) in [5.74, 6) is 0.595. The second-order valence-corrected chi connectivity index (χ2v) is 6.19. The number of carbonyl (C=O) groups excluding carboxylic acids is 1. The highest BCUT2D eigenvalue weighted by molar-refractivity contribution is 5.94. The summed E-state index contributed by atoms with van der Waals surface area (Å²) in [6, 6.07) is 16.8. The lowest BCUT2D eigenvalue weighted by atomic mass is 10.1. The molecular weight excluding hydrogens is 290 g/mol. The first-order valence-electron chi connectivity index (χ1n) is 7.59. The Morgan fingerprint density at radius 2 is 1.70 bits per heavy atom. The van der Waals surface area contributed by atoms with Gasteiger partial charge in [0.2, 0.25) is 0 Å². The van der Waals surface area contributed by atoms with Gasteiger partial charge >= 0.3 is 0 Å². The zero-order valence-corrected chi connectivity index (χ0v) is 13.8. The second-order valence-electron chi connectivity index (χ2n) is 6.19. The zero-order valence-electron chi connectivity index (χ0n) is 13.8. The van der Waals surface area contributed by atoms with Crippen LogP contribution in [0.1, 0.15) is 29.8 Å². The van der Waals surface area contributed by atoms with Crippen molar-refractivity contribution in [3.63, 3.8) is 0 Å². The van der Waals surface area contributed by atoms with E-state index in [0.717, 1.165) is 5.56 Å². The molecule has 0 atom stereocenters. The molecule has 0 saturated heterocycles. The van der Waals surface area contributed by atoms with Gasteiger partial charge in [-0.1, -0.05) is 30.3 Å². The standard InChI is InChI=1S/C19H23NO3/c1-19(2,22)14-20(13-15-7-5-4-6-8-15)18(21)16-9-11-17(23-3)12-10-16/h4-12,22H,13-14H2,1-3H3. The number of aliphatic hydroxyl groups is 1. The van der Waals surface area contributed by atoms with Crippen LogP contribution in [-0.4, -0.2) is 35.2 Å². The van der Waals surface area contributed by atoms with E-state index in [2.05, 4.69) is 0 Å². The van der Waals surface area contributed by atoms with Gasteiger partial charge in [-0.05, 0) is 43.7 Å². The van der Waals surface area contributed by atoms with E-state index in [9.17, 15) is 9.90 Å². The number of hydrogen-bond acceptors (Lipinski definition) is 3. The number of rotatable bonds is 6. The van der Waals surface area contributed by atoms with Crippen LogP contribution in [-0.2, 0) is 6.54 Å². The molecule has 122 valence electrons. The number of benzene rings is 2. The largest absolute Gasteiger partial charge is 0.497 e. The third-order valence-electron chi connectivity index (χ3n) is 3.42. The highest BCUT2D eigenvalue weighted by Crippen LogP contribution is 2.17. The van der Waals surface area contributed by atoms with Crippen LogP contribution in [0.2, 0.25) is 0 Å².